The van der Waals surface area contributed by atoms with Crippen LogP contribution in [0.4, 0.5) is 5.69 Å². The van der Waals surface area contributed by atoms with E-state index in [1.807, 2.05) is 6.92 Å². The van der Waals surface area contributed by atoms with E-state index in [-0.39, 0.29) is 17.3 Å². The van der Waals surface area contributed by atoms with Gasteiger partial charge in [-0.1, -0.05) is 23.8 Å². The van der Waals surface area contributed by atoms with Gasteiger partial charge >= 0.3 is 0 Å². The zero-order chi connectivity index (χ0) is 23.8. The summed E-state index contributed by atoms with van der Waals surface area (Å²) in [5.74, 6) is 0.177. The van der Waals surface area contributed by atoms with E-state index in [1.54, 1.807) is 48.5 Å². The summed E-state index contributed by atoms with van der Waals surface area (Å²) < 4.78 is 33.3. The maximum absolute atomic E-state index is 13.4. The molecule has 3 rings (SSSR count). The number of rotatable bonds is 10. The average molecular weight is 475 g/mol. The summed E-state index contributed by atoms with van der Waals surface area (Å²) in [5, 5.41) is 2.88. The molecule has 180 valence electrons. The Bertz CT molecular complexity index is 1020. The minimum atomic E-state index is -3.94. The SMILES string of the molecule is COc1cccc(N(CC(=O)NCCCN2CCN(C)CC2)S(=O)(=O)c2ccc(C)cc2)c1. The molecule has 0 radical (unpaired) electrons. The second-order valence-corrected chi connectivity index (χ2v) is 10.2. The molecule has 2 aromatic carbocycles. The molecule has 8 nitrogen and oxygen atoms in total. The first kappa shape index (κ1) is 25.0. The highest BCUT2D eigenvalue weighted by molar-refractivity contribution is 7.92. The number of anilines is 1. The lowest BCUT2D eigenvalue weighted by Gasteiger charge is -2.32. The first-order chi connectivity index (χ1) is 15.8. The third-order valence-electron chi connectivity index (χ3n) is 5.81. The predicted octanol–water partition coefficient (Wildman–Crippen LogP) is 1.95. The Morgan fingerprint density at radius 1 is 1.09 bits per heavy atom. The van der Waals surface area contributed by atoms with E-state index in [4.69, 9.17) is 4.74 Å². The molecule has 0 atom stereocenters. The molecule has 0 spiro atoms. The lowest BCUT2D eigenvalue weighted by molar-refractivity contribution is -0.119. The van der Waals surface area contributed by atoms with Crippen LogP contribution in [0.25, 0.3) is 0 Å². The predicted molar refractivity (Wildman–Crippen MR) is 130 cm³/mol. The Labute approximate surface area is 197 Å². The van der Waals surface area contributed by atoms with Crippen molar-refractivity contribution < 1.29 is 17.9 Å². The summed E-state index contributed by atoms with van der Waals surface area (Å²) in [6.45, 7) is 7.17. The minimum Gasteiger partial charge on any atom is -0.497 e. The quantitative estimate of drug-likeness (QED) is 0.530. The van der Waals surface area contributed by atoms with Gasteiger partial charge in [0.25, 0.3) is 10.0 Å². The van der Waals surface area contributed by atoms with Gasteiger partial charge in [0.1, 0.15) is 12.3 Å². The molecule has 1 fully saturated rings. The number of aryl methyl sites for hydroxylation is 1. The summed E-state index contributed by atoms with van der Waals surface area (Å²) in [6, 6.07) is 13.3. The van der Waals surface area contributed by atoms with Crippen molar-refractivity contribution in [3.63, 3.8) is 0 Å². The fourth-order valence-corrected chi connectivity index (χ4v) is 5.12. The lowest BCUT2D eigenvalue weighted by atomic mass is 10.2. The minimum absolute atomic E-state index is 0.138. The van der Waals surface area contributed by atoms with Crippen molar-refractivity contribution in [2.75, 3.05) is 64.3 Å². The van der Waals surface area contributed by atoms with Crippen LogP contribution in [-0.2, 0) is 14.8 Å². The van der Waals surface area contributed by atoms with Crippen molar-refractivity contribution in [2.24, 2.45) is 0 Å². The maximum Gasteiger partial charge on any atom is 0.264 e. The van der Waals surface area contributed by atoms with Gasteiger partial charge in [0.05, 0.1) is 17.7 Å². The number of nitrogens with one attached hydrogen (secondary N) is 1. The van der Waals surface area contributed by atoms with Gasteiger partial charge in [-0.15, -0.1) is 0 Å². The molecule has 0 saturated carbocycles. The van der Waals surface area contributed by atoms with Crippen molar-refractivity contribution in [1.29, 1.82) is 0 Å². The number of carbonyl (C=O) groups excluding carboxylic acids is 1. The monoisotopic (exact) mass is 474 g/mol. The van der Waals surface area contributed by atoms with Crippen molar-refractivity contribution in [1.82, 2.24) is 15.1 Å². The van der Waals surface area contributed by atoms with E-state index in [9.17, 15) is 13.2 Å². The number of carbonyl (C=O) groups is 1. The summed E-state index contributed by atoms with van der Waals surface area (Å²) in [5.41, 5.74) is 1.34. The Morgan fingerprint density at radius 3 is 2.45 bits per heavy atom. The van der Waals surface area contributed by atoms with Crippen molar-refractivity contribution in [3.05, 3.63) is 54.1 Å². The number of methoxy groups -OCH3 is 1. The number of sulfonamides is 1. The summed E-state index contributed by atoms with van der Waals surface area (Å²) in [7, 11) is -0.300. The second kappa shape index (κ2) is 11.5. The Kier molecular flexibility index (Phi) is 8.71. The normalized spacial score (nSPS) is 15.2. The van der Waals surface area contributed by atoms with Gasteiger partial charge in [0.15, 0.2) is 0 Å². The average Bonchev–Trinajstić information content (AvgIpc) is 2.81. The topological polar surface area (TPSA) is 82.2 Å². The zero-order valence-electron chi connectivity index (χ0n) is 19.7. The first-order valence-electron chi connectivity index (χ1n) is 11.2. The number of hydrogen-bond donors (Lipinski definition) is 1. The molecular formula is C24H34N4O4S. The Balaban J connectivity index is 1.67. The number of hydrogen-bond acceptors (Lipinski definition) is 6. The van der Waals surface area contributed by atoms with Crippen molar-refractivity contribution in [3.8, 4) is 5.75 Å². The van der Waals surface area contributed by atoms with Gasteiger partial charge < -0.3 is 19.9 Å². The first-order valence-corrected chi connectivity index (χ1v) is 12.6. The number of nitrogens with zero attached hydrogens (tertiary/aromatic N) is 3. The molecule has 0 aliphatic carbocycles. The Morgan fingerprint density at radius 2 is 1.79 bits per heavy atom. The lowest BCUT2D eigenvalue weighted by Crippen LogP contribution is -2.45. The molecular weight excluding hydrogens is 440 g/mol. The fraction of sp³-hybridized carbons (Fsp3) is 0.458. The molecule has 1 aliphatic heterocycles. The van der Waals surface area contributed by atoms with Crippen LogP contribution in [-0.4, -0.2) is 84.1 Å². The Hall–Kier alpha value is -2.62. The standard InChI is InChI=1S/C24H34N4O4S/c1-20-8-10-23(11-9-20)33(30,31)28(21-6-4-7-22(18-21)32-3)19-24(29)25-12-5-13-27-16-14-26(2)15-17-27/h4,6-11,18H,5,12-17,19H2,1-3H3,(H,25,29). The van der Waals surface area contributed by atoms with Gasteiger partial charge in [-0.05, 0) is 51.2 Å². The van der Waals surface area contributed by atoms with Gasteiger partial charge in [0, 0.05) is 38.8 Å². The molecule has 9 heteroatoms. The van der Waals surface area contributed by atoms with Crippen LogP contribution < -0.4 is 14.4 Å². The largest absolute Gasteiger partial charge is 0.497 e. The van der Waals surface area contributed by atoms with Crippen LogP contribution in [0.15, 0.2) is 53.4 Å². The highest BCUT2D eigenvalue weighted by Gasteiger charge is 2.27. The van der Waals surface area contributed by atoms with Gasteiger partial charge in [-0.25, -0.2) is 8.42 Å². The van der Waals surface area contributed by atoms with Crippen LogP contribution in [0, 0.1) is 6.92 Å². The smallest absolute Gasteiger partial charge is 0.264 e. The molecule has 0 unspecified atom stereocenters. The summed E-state index contributed by atoms with van der Waals surface area (Å²) in [6.07, 6.45) is 0.819. The molecule has 1 saturated heterocycles. The van der Waals surface area contributed by atoms with Crippen LogP contribution in [0.1, 0.15) is 12.0 Å². The molecule has 1 heterocycles. The molecule has 1 aliphatic rings. The number of amides is 1. The van der Waals surface area contributed by atoms with Gasteiger partial charge in [0.2, 0.25) is 5.91 Å². The zero-order valence-corrected chi connectivity index (χ0v) is 20.5. The molecule has 1 amide bonds. The third kappa shape index (κ3) is 6.93. The molecule has 0 bridgehead atoms. The fourth-order valence-electron chi connectivity index (χ4n) is 3.71. The second-order valence-electron chi connectivity index (χ2n) is 8.37. The van der Waals surface area contributed by atoms with Crippen LogP contribution >= 0.6 is 0 Å². The highest BCUT2D eigenvalue weighted by Crippen LogP contribution is 2.27. The third-order valence-corrected chi connectivity index (χ3v) is 7.59. The van der Waals surface area contributed by atoms with E-state index >= 15 is 0 Å². The van der Waals surface area contributed by atoms with Crippen molar-refractivity contribution in [2.45, 2.75) is 18.2 Å². The van der Waals surface area contributed by atoms with Crippen LogP contribution in [0.2, 0.25) is 0 Å². The van der Waals surface area contributed by atoms with E-state index < -0.39 is 10.0 Å². The van der Waals surface area contributed by atoms with E-state index in [2.05, 4.69) is 22.2 Å². The number of ether oxygens (including phenoxy) is 1. The van der Waals surface area contributed by atoms with Gasteiger partial charge in [-0.2, -0.15) is 0 Å². The van der Waals surface area contributed by atoms with Crippen molar-refractivity contribution >= 4 is 21.6 Å². The summed E-state index contributed by atoms with van der Waals surface area (Å²) >= 11 is 0. The number of benzene rings is 2. The summed E-state index contributed by atoms with van der Waals surface area (Å²) in [4.78, 5) is 17.6. The van der Waals surface area contributed by atoms with Gasteiger partial charge in [-0.3, -0.25) is 9.10 Å². The highest BCUT2D eigenvalue weighted by atomic mass is 32.2. The maximum atomic E-state index is 13.4. The van der Waals surface area contributed by atoms with E-state index in [0.29, 0.717) is 18.0 Å². The van der Waals surface area contributed by atoms with Crippen LogP contribution in [0.3, 0.4) is 0 Å². The number of piperazine rings is 1. The van der Waals surface area contributed by atoms with E-state index in [1.165, 1.54) is 7.11 Å². The molecule has 33 heavy (non-hydrogen) atoms. The molecule has 2 aromatic rings. The van der Waals surface area contributed by atoms with Crippen LogP contribution in [0.5, 0.6) is 5.75 Å². The van der Waals surface area contributed by atoms with E-state index in [0.717, 1.165) is 49.0 Å². The molecule has 1 N–H and O–H groups in total. The molecule has 0 aromatic heterocycles. The number of likely N-dealkylation sites (N-methyl/N-ethyl adjacent to an activating group) is 1.